The summed E-state index contributed by atoms with van der Waals surface area (Å²) in [4.78, 5) is 25.7. The Kier molecular flexibility index (Phi) is 5.38. The van der Waals surface area contributed by atoms with E-state index in [0.29, 0.717) is 18.8 Å². The van der Waals surface area contributed by atoms with Gasteiger partial charge in [0, 0.05) is 25.8 Å². The molecule has 2 rings (SSSR count). The van der Waals surface area contributed by atoms with Gasteiger partial charge in [0.15, 0.2) is 0 Å². The largest absolute Gasteiger partial charge is 0.372 e. The summed E-state index contributed by atoms with van der Waals surface area (Å²) in [5.41, 5.74) is 1.47. The second-order valence-electron chi connectivity index (χ2n) is 5.60. The summed E-state index contributed by atoms with van der Waals surface area (Å²) < 4.78 is 5.63. The van der Waals surface area contributed by atoms with Gasteiger partial charge >= 0.3 is 6.03 Å². The lowest BCUT2D eigenvalue weighted by atomic mass is 10.1. The van der Waals surface area contributed by atoms with E-state index in [0.717, 1.165) is 5.56 Å². The fraction of sp³-hybridized carbons (Fsp3) is 0.500. The second kappa shape index (κ2) is 7.26. The average Bonchev–Trinajstić information content (AvgIpc) is 2.48. The van der Waals surface area contributed by atoms with Crippen LogP contribution in [0.3, 0.4) is 0 Å². The molecule has 1 heterocycles. The van der Waals surface area contributed by atoms with E-state index in [9.17, 15) is 9.59 Å². The van der Waals surface area contributed by atoms with Crippen LogP contribution in [-0.4, -0.2) is 49.2 Å². The predicted molar refractivity (Wildman–Crippen MR) is 84.8 cm³/mol. The van der Waals surface area contributed by atoms with Gasteiger partial charge in [-0.1, -0.05) is 18.2 Å². The highest BCUT2D eigenvalue weighted by Gasteiger charge is 2.26. The van der Waals surface area contributed by atoms with Crippen molar-refractivity contribution < 1.29 is 14.3 Å². The Bertz CT molecular complexity index is 537. The van der Waals surface area contributed by atoms with E-state index in [4.69, 9.17) is 4.74 Å². The molecule has 0 bridgehead atoms. The zero-order valence-electron chi connectivity index (χ0n) is 13.3. The molecule has 22 heavy (non-hydrogen) atoms. The molecule has 1 saturated heterocycles. The molecule has 1 aromatic carbocycles. The molecule has 0 spiro atoms. The van der Waals surface area contributed by atoms with Gasteiger partial charge in [-0.3, -0.25) is 4.79 Å². The number of urea groups is 1. The van der Waals surface area contributed by atoms with Crippen molar-refractivity contribution in [1.29, 1.82) is 0 Å². The smallest absolute Gasteiger partial charge is 0.322 e. The number of nitrogens with zero attached hydrogens (tertiary/aromatic N) is 1. The normalized spacial score (nSPS) is 21.3. The predicted octanol–water partition coefficient (Wildman–Crippen LogP) is 1.62. The van der Waals surface area contributed by atoms with Gasteiger partial charge in [-0.15, -0.1) is 0 Å². The maximum absolute atomic E-state index is 12.4. The monoisotopic (exact) mass is 305 g/mol. The summed E-state index contributed by atoms with van der Waals surface area (Å²) in [6.45, 7) is 5.03. The van der Waals surface area contributed by atoms with Crippen molar-refractivity contribution in [2.75, 3.05) is 25.5 Å². The Morgan fingerprint density at radius 1 is 1.23 bits per heavy atom. The third-order valence-corrected chi connectivity index (χ3v) is 3.60. The first-order valence-corrected chi connectivity index (χ1v) is 7.49. The van der Waals surface area contributed by atoms with E-state index in [1.165, 1.54) is 0 Å². The fourth-order valence-electron chi connectivity index (χ4n) is 2.60. The summed E-state index contributed by atoms with van der Waals surface area (Å²) in [5.74, 6) is -0.0877. The molecule has 1 aliphatic rings. The van der Waals surface area contributed by atoms with Crippen molar-refractivity contribution in [3.63, 3.8) is 0 Å². The number of ether oxygens (including phenoxy) is 1. The number of para-hydroxylation sites is 1. The van der Waals surface area contributed by atoms with Crippen LogP contribution < -0.4 is 10.6 Å². The molecule has 3 amide bonds. The Hall–Kier alpha value is -2.08. The Balaban J connectivity index is 2.06. The van der Waals surface area contributed by atoms with Crippen molar-refractivity contribution in [3.8, 4) is 0 Å². The molecule has 6 heteroatoms. The first-order chi connectivity index (χ1) is 10.5. The van der Waals surface area contributed by atoms with Crippen LogP contribution in [0.25, 0.3) is 0 Å². The Morgan fingerprint density at radius 2 is 1.86 bits per heavy atom. The molecule has 0 radical (unpaired) electrons. The minimum absolute atomic E-state index is 0.0237. The number of carbonyl (C=O) groups is 2. The molecule has 2 N–H and O–H groups in total. The van der Waals surface area contributed by atoms with Gasteiger partial charge in [0.25, 0.3) is 0 Å². The Morgan fingerprint density at radius 3 is 2.50 bits per heavy atom. The molecule has 6 nitrogen and oxygen atoms in total. The number of likely N-dealkylation sites (N-methyl/N-ethyl adjacent to an activating group) is 1. The molecule has 1 aromatic rings. The highest BCUT2D eigenvalue weighted by atomic mass is 16.5. The van der Waals surface area contributed by atoms with E-state index in [-0.39, 0.29) is 30.6 Å². The zero-order valence-corrected chi connectivity index (χ0v) is 13.3. The highest BCUT2D eigenvalue weighted by molar-refractivity contribution is 5.91. The first-order valence-electron chi connectivity index (χ1n) is 7.49. The van der Waals surface area contributed by atoms with E-state index >= 15 is 0 Å². The number of rotatable bonds is 3. The van der Waals surface area contributed by atoms with Crippen LogP contribution in [0.4, 0.5) is 10.5 Å². The van der Waals surface area contributed by atoms with E-state index in [2.05, 4.69) is 10.6 Å². The molecule has 2 atom stereocenters. The molecule has 2 unspecified atom stereocenters. The van der Waals surface area contributed by atoms with Crippen molar-refractivity contribution >= 4 is 17.6 Å². The molecule has 0 saturated carbocycles. The van der Waals surface area contributed by atoms with Gasteiger partial charge in [0.2, 0.25) is 5.91 Å². The second-order valence-corrected chi connectivity index (χ2v) is 5.60. The van der Waals surface area contributed by atoms with Crippen LogP contribution in [0.1, 0.15) is 19.4 Å². The average molecular weight is 305 g/mol. The van der Waals surface area contributed by atoms with Gasteiger partial charge < -0.3 is 20.3 Å². The SMILES string of the molecule is CNC(=O)Cc1ccccc1NC(=O)N1CC(C)OC(C)C1. The summed E-state index contributed by atoms with van der Waals surface area (Å²) in [6.07, 6.45) is 0.286. The number of morpholine rings is 1. The first kappa shape index (κ1) is 16.3. The topological polar surface area (TPSA) is 70.7 Å². The van der Waals surface area contributed by atoms with Crippen LogP contribution in [0.5, 0.6) is 0 Å². The summed E-state index contributed by atoms with van der Waals surface area (Å²) in [5, 5.41) is 5.49. The zero-order chi connectivity index (χ0) is 16.1. The molecule has 0 aromatic heterocycles. The molecular weight excluding hydrogens is 282 g/mol. The van der Waals surface area contributed by atoms with Crippen LogP contribution in [-0.2, 0) is 16.0 Å². The molecule has 0 aliphatic carbocycles. The van der Waals surface area contributed by atoms with Crippen molar-refractivity contribution in [2.45, 2.75) is 32.5 Å². The van der Waals surface area contributed by atoms with Crippen molar-refractivity contribution in [1.82, 2.24) is 10.2 Å². The quantitative estimate of drug-likeness (QED) is 0.891. The number of benzene rings is 1. The molecule has 120 valence electrons. The number of amides is 3. The Labute approximate surface area is 130 Å². The lowest BCUT2D eigenvalue weighted by Crippen LogP contribution is -2.49. The van der Waals surface area contributed by atoms with E-state index < -0.39 is 0 Å². The van der Waals surface area contributed by atoms with Crippen molar-refractivity contribution in [2.24, 2.45) is 0 Å². The van der Waals surface area contributed by atoms with Crippen LogP contribution in [0.2, 0.25) is 0 Å². The summed E-state index contributed by atoms with van der Waals surface area (Å²) in [7, 11) is 1.60. The maximum Gasteiger partial charge on any atom is 0.322 e. The number of hydrogen-bond donors (Lipinski definition) is 2. The van der Waals surface area contributed by atoms with Gasteiger partial charge in [-0.05, 0) is 25.5 Å². The number of hydrogen-bond acceptors (Lipinski definition) is 3. The third kappa shape index (κ3) is 4.21. The minimum Gasteiger partial charge on any atom is -0.372 e. The fourth-order valence-corrected chi connectivity index (χ4v) is 2.60. The number of nitrogens with one attached hydrogen (secondary N) is 2. The van der Waals surface area contributed by atoms with Crippen LogP contribution in [0.15, 0.2) is 24.3 Å². The van der Waals surface area contributed by atoms with Crippen LogP contribution in [0, 0.1) is 0 Å². The number of carbonyl (C=O) groups excluding carboxylic acids is 2. The number of anilines is 1. The molecule has 1 fully saturated rings. The highest BCUT2D eigenvalue weighted by Crippen LogP contribution is 2.18. The van der Waals surface area contributed by atoms with Gasteiger partial charge in [-0.25, -0.2) is 4.79 Å². The standard InChI is InChI=1S/C16H23N3O3/c1-11-9-19(10-12(2)22-11)16(21)18-14-7-5-4-6-13(14)8-15(20)17-3/h4-7,11-12H,8-10H2,1-3H3,(H,17,20)(H,18,21). The van der Waals surface area contributed by atoms with Crippen LogP contribution >= 0.6 is 0 Å². The maximum atomic E-state index is 12.4. The minimum atomic E-state index is -0.161. The summed E-state index contributed by atoms with van der Waals surface area (Å²) in [6, 6.07) is 7.19. The lowest BCUT2D eigenvalue weighted by Gasteiger charge is -2.35. The molecule has 1 aliphatic heterocycles. The summed E-state index contributed by atoms with van der Waals surface area (Å²) >= 11 is 0. The van der Waals surface area contributed by atoms with E-state index in [1.807, 2.05) is 38.1 Å². The van der Waals surface area contributed by atoms with Gasteiger partial charge in [0.05, 0.1) is 18.6 Å². The van der Waals surface area contributed by atoms with Crippen molar-refractivity contribution in [3.05, 3.63) is 29.8 Å². The van der Waals surface area contributed by atoms with Gasteiger partial charge in [0.1, 0.15) is 0 Å². The third-order valence-electron chi connectivity index (χ3n) is 3.60. The molecular formula is C16H23N3O3. The lowest BCUT2D eigenvalue weighted by molar-refractivity contribution is -0.119. The van der Waals surface area contributed by atoms with E-state index in [1.54, 1.807) is 11.9 Å². The van der Waals surface area contributed by atoms with Gasteiger partial charge in [-0.2, -0.15) is 0 Å².